The van der Waals surface area contributed by atoms with Crippen molar-refractivity contribution in [3.05, 3.63) is 36.0 Å². The number of nitrogens with one attached hydrogen (secondary N) is 2. The van der Waals surface area contributed by atoms with Crippen LogP contribution >= 0.6 is 0 Å². The molecule has 0 bridgehead atoms. The van der Waals surface area contributed by atoms with Crippen LogP contribution in [0.1, 0.15) is 37.2 Å². The number of nitrogens with zero attached hydrogens (tertiary/aromatic N) is 1. The van der Waals surface area contributed by atoms with Crippen molar-refractivity contribution in [3.63, 3.8) is 0 Å². The summed E-state index contributed by atoms with van der Waals surface area (Å²) >= 11 is 0. The molecule has 0 unspecified atom stereocenters. The summed E-state index contributed by atoms with van der Waals surface area (Å²) in [6, 6.07) is 9.25. The number of hydrogen-bond donors (Lipinski definition) is 3. The van der Waals surface area contributed by atoms with Crippen LogP contribution in [0.4, 0.5) is 0 Å². The predicted octanol–water partition coefficient (Wildman–Crippen LogP) is 2.61. The second-order valence-corrected chi connectivity index (χ2v) is 6.55. The Kier molecular flexibility index (Phi) is 5.98. The molecule has 0 aliphatic carbocycles. The van der Waals surface area contributed by atoms with E-state index in [0.29, 0.717) is 23.7 Å². The Morgan fingerprint density at radius 2 is 2.12 bits per heavy atom. The van der Waals surface area contributed by atoms with Crippen molar-refractivity contribution in [2.75, 3.05) is 20.3 Å². The molecule has 0 atom stereocenters. The van der Waals surface area contributed by atoms with Gasteiger partial charge in [-0.25, -0.2) is 0 Å². The molecular formula is C18H25N3O3. The van der Waals surface area contributed by atoms with E-state index in [9.17, 15) is 9.90 Å². The zero-order valence-corrected chi connectivity index (χ0v) is 14.4. The fourth-order valence-corrected chi connectivity index (χ4v) is 2.38. The maximum absolute atomic E-state index is 12.2. The van der Waals surface area contributed by atoms with Crippen LogP contribution in [-0.4, -0.2) is 41.5 Å². The Bertz CT molecular complexity index is 680. The number of aliphatic hydroxyl groups excluding tert-OH is 1. The summed E-state index contributed by atoms with van der Waals surface area (Å²) in [5, 5.41) is 19.1. The highest BCUT2D eigenvalue weighted by atomic mass is 16.5. The van der Waals surface area contributed by atoms with Gasteiger partial charge in [0.15, 0.2) is 0 Å². The third kappa shape index (κ3) is 4.58. The normalized spacial score (nSPS) is 11.3. The van der Waals surface area contributed by atoms with Crippen LogP contribution in [0.5, 0.6) is 5.75 Å². The number of H-pyrrole nitrogens is 1. The summed E-state index contributed by atoms with van der Waals surface area (Å²) in [5.74, 6) is 0.521. The average Bonchev–Trinajstić information content (AvgIpc) is 3.08. The topological polar surface area (TPSA) is 87.2 Å². The molecule has 3 N–H and O–H groups in total. The number of para-hydroxylation sites is 1. The zero-order chi connectivity index (χ0) is 17.6. The molecule has 0 saturated heterocycles. The minimum Gasteiger partial charge on any atom is -0.496 e. The molecule has 1 heterocycles. The summed E-state index contributed by atoms with van der Waals surface area (Å²) in [6.07, 6.45) is 1.66. The highest BCUT2D eigenvalue weighted by molar-refractivity contribution is 5.93. The molecule has 0 radical (unpaired) electrons. The quantitative estimate of drug-likeness (QED) is 0.649. The van der Waals surface area contributed by atoms with Crippen molar-refractivity contribution in [1.82, 2.24) is 15.5 Å². The van der Waals surface area contributed by atoms with Gasteiger partial charge >= 0.3 is 0 Å². The van der Waals surface area contributed by atoms with Crippen molar-refractivity contribution >= 4 is 5.91 Å². The number of carbonyl (C=O) groups is 1. The summed E-state index contributed by atoms with van der Waals surface area (Å²) in [6.45, 7) is 4.71. The van der Waals surface area contributed by atoms with E-state index in [1.54, 1.807) is 13.2 Å². The lowest BCUT2D eigenvalue weighted by atomic mass is 9.89. The maximum Gasteiger partial charge on any atom is 0.269 e. The first kappa shape index (κ1) is 18.0. The molecule has 2 rings (SSSR count). The highest BCUT2D eigenvalue weighted by Crippen LogP contribution is 2.28. The van der Waals surface area contributed by atoms with Gasteiger partial charge in [0.2, 0.25) is 0 Å². The molecule has 1 amide bonds. The minimum absolute atomic E-state index is 0.115. The van der Waals surface area contributed by atoms with Crippen LogP contribution in [0.25, 0.3) is 11.3 Å². The number of aliphatic hydroxyl groups is 1. The monoisotopic (exact) mass is 331 g/mol. The van der Waals surface area contributed by atoms with E-state index in [2.05, 4.69) is 15.5 Å². The molecule has 0 aliphatic heterocycles. The fraction of sp³-hybridized carbons (Fsp3) is 0.444. The van der Waals surface area contributed by atoms with Crippen molar-refractivity contribution in [1.29, 1.82) is 0 Å². The van der Waals surface area contributed by atoms with Crippen molar-refractivity contribution in [2.45, 2.75) is 26.7 Å². The zero-order valence-electron chi connectivity index (χ0n) is 14.4. The van der Waals surface area contributed by atoms with Crippen LogP contribution in [0.3, 0.4) is 0 Å². The van der Waals surface area contributed by atoms with Crippen LogP contribution in [0.2, 0.25) is 0 Å². The van der Waals surface area contributed by atoms with Crippen LogP contribution < -0.4 is 10.1 Å². The Morgan fingerprint density at radius 1 is 1.38 bits per heavy atom. The Hall–Kier alpha value is -2.34. The molecule has 6 heteroatoms. The van der Waals surface area contributed by atoms with E-state index in [1.807, 2.05) is 38.1 Å². The molecular weight excluding hydrogens is 306 g/mol. The lowest BCUT2D eigenvalue weighted by Crippen LogP contribution is -2.26. The summed E-state index contributed by atoms with van der Waals surface area (Å²) in [4.78, 5) is 12.2. The Labute approximate surface area is 142 Å². The molecule has 0 saturated carbocycles. The van der Waals surface area contributed by atoms with Gasteiger partial charge in [0, 0.05) is 18.7 Å². The lowest BCUT2D eigenvalue weighted by molar-refractivity contribution is 0.0943. The van der Waals surface area contributed by atoms with Gasteiger partial charge in [-0.1, -0.05) is 26.0 Å². The fourth-order valence-electron chi connectivity index (χ4n) is 2.38. The largest absolute Gasteiger partial charge is 0.496 e. The highest BCUT2D eigenvalue weighted by Gasteiger charge is 2.16. The number of amides is 1. The number of ether oxygens (including phenoxy) is 1. The smallest absolute Gasteiger partial charge is 0.269 e. The van der Waals surface area contributed by atoms with Gasteiger partial charge in [-0.2, -0.15) is 5.10 Å². The van der Waals surface area contributed by atoms with Crippen molar-refractivity contribution in [2.24, 2.45) is 5.41 Å². The van der Waals surface area contributed by atoms with Crippen molar-refractivity contribution < 1.29 is 14.6 Å². The SMILES string of the molecule is COc1ccccc1-c1cc(C(=O)NCCCC(C)(C)CO)[nH]n1. The van der Waals surface area contributed by atoms with Crippen molar-refractivity contribution in [3.8, 4) is 17.0 Å². The molecule has 1 aromatic heterocycles. The maximum atomic E-state index is 12.2. The Morgan fingerprint density at radius 3 is 2.83 bits per heavy atom. The summed E-state index contributed by atoms with van der Waals surface area (Å²) in [5.41, 5.74) is 1.80. The van der Waals surface area contributed by atoms with E-state index in [0.717, 1.165) is 18.4 Å². The molecule has 24 heavy (non-hydrogen) atoms. The number of benzene rings is 1. The third-order valence-electron chi connectivity index (χ3n) is 3.95. The molecule has 130 valence electrons. The first-order valence-corrected chi connectivity index (χ1v) is 8.05. The number of hydrogen-bond acceptors (Lipinski definition) is 4. The Balaban J connectivity index is 1.94. The second kappa shape index (κ2) is 7.97. The standard InChI is InChI=1S/C18H25N3O3/c1-18(2,12-22)9-6-10-19-17(23)15-11-14(20-21-15)13-7-4-5-8-16(13)24-3/h4-5,7-8,11,22H,6,9-10,12H2,1-3H3,(H,19,23)(H,20,21). The first-order chi connectivity index (χ1) is 11.5. The number of rotatable bonds is 8. The van der Waals surface area contributed by atoms with E-state index >= 15 is 0 Å². The molecule has 1 aromatic carbocycles. The first-order valence-electron chi connectivity index (χ1n) is 8.05. The van der Waals surface area contributed by atoms with Gasteiger partial charge in [0.25, 0.3) is 5.91 Å². The number of carbonyl (C=O) groups excluding carboxylic acids is 1. The predicted molar refractivity (Wildman–Crippen MR) is 93.0 cm³/mol. The average molecular weight is 331 g/mol. The van der Waals surface area contributed by atoms with Crippen LogP contribution in [-0.2, 0) is 0 Å². The third-order valence-corrected chi connectivity index (χ3v) is 3.95. The summed E-state index contributed by atoms with van der Waals surface area (Å²) in [7, 11) is 1.60. The number of methoxy groups -OCH3 is 1. The van der Waals surface area contributed by atoms with Gasteiger partial charge in [-0.3, -0.25) is 9.89 Å². The molecule has 0 spiro atoms. The second-order valence-electron chi connectivity index (χ2n) is 6.55. The van der Waals surface area contributed by atoms with Gasteiger partial charge < -0.3 is 15.2 Å². The molecule has 0 fully saturated rings. The molecule has 6 nitrogen and oxygen atoms in total. The van der Waals surface area contributed by atoms with Gasteiger partial charge in [0.05, 0.1) is 12.8 Å². The van der Waals surface area contributed by atoms with E-state index in [4.69, 9.17) is 4.74 Å². The van der Waals surface area contributed by atoms with E-state index in [1.165, 1.54) is 0 Å². The van der Waals surface area contributed by atoms with Gasteiger partial charge in [-0.15, -0.1) is 0 Å². The molecule has 2 aromatic rings. The number of aromatic nitrogens is 2. The minimum atomic E-state index is -0.189. The van der Waals surface area contributed by atoms with Gasteiger partial charge in [-0.05, 0) is 36.5 Å². The lowest BCUT2D eigenvalue weighted by Gasteiger charge is -2.21. The van der Waals surface area contributed by atoms with Crippen LogP contribution in [0.15, 0.2) is 30.3 Å². The summed E-state index contributed by atoms with van der Waals surface area (Å²) < 4.78 is 5.32. The molecule has 0 aliphatic rings. The number of aromatic amines is 1. The van der Waals surface area contributed by atoms with E-state index in [-0.39, 0.29) is 17.9 Å². The van der Waals surface area contributed by atoms with E-state index < -0.39 is 0 Å². The van der Waals surface area contributed by atoms with Gasteiger partial charge in [0.1, 0.15) is 11.4 Å². The van der Waals surface area contributed by atoms with Crippen LogP contribution in [0, 0.1) is 5.41 Å².